The number of carbonyl (C=O) groups excluding carboxylic acids is 1. The fourth-order valence-corrected chi connectivity index (χ4v) is 2.26. The normalized spacial score (nSPS) is 12.2. The van der Waals surface area contributed by atoms with E-state index in [-0.39, 0.29) is 17.8 Å². The van der Waals surface area contributed by atoms with Gasteiger partial charge in [-0.15, -0.1) is 0 Å². The molecule has 0 saturated heterocycles. The number of rotatable bonds is 3. The number of halogens is 1. The number of hydrogen-bond donors (Lipinski definition) is 2. The Bertz CT molecular complexity index is 817. The van der Waals surface area contributed by atoms with Crippen molar-refractivity contribution in [2.24, 2.45) is 0 Å². The summed E-state index contributed by atoms with van der Waals surface area (Å²) in [4.78, 5) is 11.9. The lowest BCUT2D eigenvalue weighted by molar-refractivity contribution is 0.171. The molecule has 0 unspecified atom stereocenters. The monoisotopic (exact) mass is 327 g/mol. The molecule has 2 N–H and O–H groups in total. The molecule has 2 aromatic rings. The summed E-state index contributed by atoms with van der Waals surface area (Å²) in [6.07, 6.45) is 0. The van der Waals surface area contributed by atoms with Gasteiger partial charge in [0.25, 0.3) is 0 Å². The van der Waals surface area contributed by atoms with Gasteiger partial charge >= 0.3 is 6.03 Å². The van der Waals surface area contributed by atoms with E-state index in [1.54, 1.807) is 12.1 Å². The first-order valence-corrected chi connectivity index (χ1v) is 7.29. The van der Waals surface area contributed by atoms with Crippen LogP contribution in [0.15, 0.2) is 36.4 Å². The van der Waals surface area contributed by atoms with E-state index in [1.807, 2.05) is 12.1 Å². The maximum absolute atomic E-state index is 13.1. The maximum atomic E-state index is 13.1. The van der Waals surface area contributed by atoms with Gasteiger partial charge in [-0.1, -0.05) is 6.07 Å². The predicted molar refractivity (Wildman–Crippen MR) is 84.4 cm³/mol. The van der Waals surface area contributed by atoms with Gasteiger partial charge in [-0.05, 0) is 35.9 Å². The van der Waals surface area contributed by atoms with Crippen molar-refractivity contribution in [2.75, 3.05) is 18.5 Å². The van der Waals surface area contributed by atoms with Crippen LogP contribution < -0.4 is 20.1 Å². The maximum Gasteiger partial charge on any atom is 0.319 e. The van der Waals surface area contributed by atoms with Crippen LogP contribution in [-0.2, 0) is 6.54 Å². The van der Waals surface area contributed by atoms with E-state index in [9.17, 15) is 9.18 Å². The van der Waals surface area contributed by atoms with Gasteiger partial charge in [0.05, 0.1) is 11.3 Å². The summed E-state index contributed by atoms with van der Waals surface area (Å²) in [6, 6.07) is 10.3. The van der Waals surface area contributed by atoms with Crippen molar-refractivity contribution in [3.8, 4) is 17.6 Å². The Labute approximate surface area is 137 Å². The van der Waals surface area contributed by atoms with E-state index in [0.29, 0.717) is 24.7 Å². The summed E-state index contributed by atoms with van der Waals surface area (Å²) in [6.45, 7) is 1.28. The highest BCUT2D eigenvalue weighted by atomic mass is 19.1. The van der Waals surface area contributed by atoms with Crippen molar-refractivity contribution in [3.63, 3.8) is 0 Å². The van der Waals surface area contributed by atoms with Gasteiger partial charge in [-0.2, -0.15) is 5.26 Å². The zero-order chi connectivity index (χ0) is 16.9. The van der Waals surface area contributed by atoms with Crippen LogP contribution in [0, 0.1) is 17.1 Å². The predicted octanol–water partition coefficient (Wildman–Crippen LogP) is 2.79. The fourth-order valence-electron chi connectivity index (χ4n) is 2.26. The number of fused-ring (bicyclic) bond motifs is 1. The average Bonchev–Trinajstić information content (AvgIpc) is 2.61. The lowest BCUT2D eigenvalue weighted by Gasteiger charge is -2.19. The Morgan fingerprint density at radius 3 is 2.75 bits per heavy atom. The minimum Gasteiger partial charge on any atom is -0.486 e. The number of carbonyl (C=O) groups is 1. The Hall–Kier alpha value is -3.27. The molecule has 1 heterocycles. The molecule has 1 aliphatic heterocycles. The molecule has 3 rings (SSSR count). The average molecular weight is 327 g/mol. The van der Waals surface area contributed by atoms with Crippen LogP contribution in [0.25, 0.3) is 0 Å². The van der Waals surface area contributed by atoms with Crippen molar-refractivity contribution >= 4 is 11.7 Å². The van der Waals surface area contributed by atoms with E-state index >= 15 is 0 Å². The van der Waals surface area contributed by atoms with Crippen LogP contribution in [0.4, 0.5) is 14.9 Å². The molecule has 0 atom stereocenters. The van der Waals surface area contributed by atoms with E-state index in [2.05, 4.69) is 10.6 Å². The second-order valence-electron chi connectivity index (χ2n) is 5.09. The molecular weight excluding hydrogens is 313 g/mol. The molecule has 2 amide bonds. The van der Waals surface area contributed by atoms with Crippen molar-refractivity contribution in [1.29, 1.82) is 5.26 Å². The summed E-state index contributed by atoms with van der Waals surface area (Å²) in [5, 5.41) is 14.2. The molecule has 0 saturated carbocycles. The van der Waals surface area contributed by atoms with Crippen LogP contribution in [0.3, 0.4) is 0 Å². The van der Waals surface area contributed by atoms with Crippen LogP contribution >= 0.6 is 0 Å². The molecule has 0 fully saturated rings. The van der Waals surface area contributed by atoms with Crippen molar-refractivity contribution in [3.05, 3.63) is 53.3 Å². The number of nitrogens with one attached hydrogen (secondary N) is 2. The number of urea groups is 1. The van der Waals surface area contributed by atoms with Crippen molar-refractivity contribution < 1.29 is 18.7 Å². The van der Waals surface area contributed by atoms with Gasteiger partial charge in [0.2, 0.25) is 0 Å². The molecule has 0 aromatic heterocycles. The minimum absolute atomic E-state index is 0.0597. The Morgan fingerprint density at radius 2 is 1.96 bits per heavy atom. The van der Waals surface area contributed by atoms with Gasteiger partial charge in [-0.3, -0.25) is 0 Å². The van der Waals surface area contributed by atoms with E-state index < -0.39 is 11.8 Å². The Morgan fingerprint density at radius 1 is 1.17 bits per heavy atom. The standard InChI is InChI=1S/C17H14FN3O3/c18-13-2-3-14(12(8-13)9-19)21-17(22)20-10-11-1-4-15-16(7-11)24-6-5-23-15/h1-4,7-8H,5-6,10H2,(H2,20,21,22). The van der Waals surface area contributed by atoms with Crippen molar-refractivity contribution in [2.45, 2.75) is 6.54 Å². The molecular formula is C17H14FN3O3. The first-order valence-electron chi connectivity index (χ1n) is 7.29. The smallest absolute Gasteiger partial charge is 0.319 e. The molecule has 0 radical (unpaired) electrons. The number of benzene rings is 2. The summed E-state index contributed by atoms with van der Waals surface area (Å²) < 4.78 is 24.0. The summed E-state index contributed by atoms with van der Waals surface area (Å²) in [7, 11) is 0. The number of nitriles is 1. The SMILES string of the molecule is N#Cc1cc(F)ccc1NC(=O)NCc1ccc2c(c1)OCCO2. The Balaban J connectivity index is 1.61. The van der Waals surface area contributed by atoms with Crippen LogP contribution in [0.5, 0.6) is 11.5 Å². The van der Waals surface area contributed by atoms with Gasteiger partial charge in [-0.25, -0.2) is 9.18 Å². The first-order chi connectivity index (χ1) is 11.7. The molecule has 122 valence electrons. The van der Waals surface area contributed by atoms with Crippen LogP contribution in [-0.4, -0.2) is 19.2 Å². The summed E-state index contributed by atoms with van der Waals surface area (Å²) in [5.74, 6) is 0.791. The highest BCUT2D eigenvalue weighted by Gasteiger charge is 2.12. The first kappa shape index (κ1) is 15.6. The molecule has 7 heteroatoms. The second-order valence-corrected chi connectivity index (χ2v) is 5.09. The third-order valence-electron chi connectivity index (χ3n) is 3.41. The van der Waals surface area contributed by atoms with E-state index in [0.717, 1.165) is 11.6 Å². The highest BCUT2D eigenvalue weighted by molar-refractivity contribution is 5.90. The minimum atomic E-state index is -0.534. The molecule has 24 heavy (non-hydrogen) atoms. The topological polar surface area (TPSA) is 83.4 Å². The second kappa shape index (κ2) is 6.87. The summed E-state index contributed by atoms with van der Waals surface area (Å²) >= 11 is 0. The molecule has 0 bridgehead atoms. The van der Waals surface area contributed by atoms with Crippen LogP contribution in [0.2, 0.25) is 0 Å². The van der Waals surface area contributed by atoms with Gasteiger partial charge in [0.1, 0.15) is 25.1 Å². The lowest BCUT2D eigenvalue weighted by Crippen LogP contribution is -2.28. The number of nitrogens with zero attached hydrogens (tertiary/aromatic N) is 1. The summed E-state index contributed by atoms with van der Waals surface area (Å²) in [5.41, 5.74) is 1.15. The van der Waals surface area contributed by atoms with E-state index in [4.69, 9.17) is 14.7 Å². The third-order valence-corrected chi connectivity index (χ3v) is 3.41. The number of hydrogen-bond acceptors (Lipinski definition) is 4. The van der Waals surface area contributed by atoms with E-state index in [1.165, 1.54) is 12.1 Å². The van der Waals surface area contributed by atoms with Crippen LogP contribution in [0.1, 0.15) is 11.1 Å². The number of amides is 2. The largest absolute Gasteiger partial charge is 0.486 e. The quantitative estimate of drug-likeness (QED) is 0.908. The number of ether oxygens (including phenoxy) is 2. The lowest BCUT2D eigenvalue weighted by atomic mass is 10.2. The molecule has 6 nitrogen and oxygen atoms in total. The Kier molecular flexibility index (Phi) is 4.47. The molecule has 1 aliphatic rings. The van der Waals surface area contributed by atoms with Crippen molar-refractivity contribution in [1.82, 2.24) is 5.32 Å². The van der Waals surface area contributed by atoms with Gasteiger partial charge in [0, 0.05) is 6.54 Å². The highest BCUT2D eigenvalue weighted by Crippen LogP contribution is 2.30. The third kappa shape index (κ3) is 3.55. The zero-order valence-corrected chi connectivity index (χ0v) is 12.6. The molecule has 0 aliphatic carbocycles. The number of anilines is 1. The van der Waals surface area contributed by atoms with Gasteiger partial charge < -0.3 is 20.1 Å². The molecule has 2 aromatic carbocycles. The van der Waals surface area contributed by atoms with Gasteiger partial charge in [0.15, 0.2) is 11.5 Å². The zero-order valence-electron chi connectivity index (χ0n) is 12.6. The molecule has 0 spiro atoms. The fraction of sp³-hybridized carbons (Fsp3) is 0.176.